The van der Waals surface area contributed by atoms with Crippen LogP contribution in [0.3, 0.4) is 0 Å². The van der Waals surface area contributed by atoms with Gasteiger partial charge in [0.2, 0.25) is 0 Å². The van der Waals surface area contributed by atoms with Crippen molar-refractivity contribution in [3.63, 3.8) is 0 Å². The number of allylic oxidation sites excluding steroid dienone is 1. The lowest BCUT2D eigenvalue weighted by Crippen LogP contribution is -2.23. The third-order valence-electron chi connectivity index (χ3n) is 1.48. The van der Waals surface area contributed by atoms with Crippen molar-refractivity contribution in [3.8, 4) is 0 Å². The molecule has 0 aromatic carbocycles. The molecule has 1 N–H and O–H groups in total. The van der Waals surface area contributed by atoms with E-state index in [1.165, 1.54) is 19.3 Å². The molecule has 1 heteroatoms. The monoisotopic (exact) mass is 141 g/mol. The van der Waals surface area contributed by atoms with Gasteiger partial charge in [0.25, 0.3) is 0 Å². The minimum atomic E-state index is 0.595. The Kier molecular flexibility index (Phi) is 5.09. The Balaban J connectivity index is 3.25. The van der Waals surface area contributed by atoms with Crippen LogP contribution in [0.2, 0.25) is 0 Å². The van der Waals surface area contributed by atoms with Gasteiger partial charge in [-0.15, -0.1) is 0 Å². The minimum absolute atomic E-state index is 0.595. The van der Waals surface area contributed by atoms with E-state index in [2.05, 4.69) is 25.7 Å². The van der Waals surface area contributed by atoms with Gasteiger partial charge in [-0.1, -0.05) is 26.3 Å². The predicted molar refractivity (Wildman–Crippen MR) is 46.9 cm³/mol. The lowest BCUT2D eigenvalue weighted by atomic mass is 10.1. The second-order valence-corrected chi connectivity index (χ2v) is 2.97. The largest absolute Gasteiger partial charge is 0.387 e. The fraction of sp³-hybridized carbons (Fsp3) is 0.778. The summed E-state index contributed by atoms with van der Waals surface area (Å²) < 4.78 is 0. The molecular weight excluding hydrogens is 122 g/mol. The molecule has 60 valence electrons. The van der Waals surface area contributed by atoms with Gasteiger partial charge < -0.3 is 5.32 Å². The van der Waals surface area contributed by atoms with Crippen LogP contribution < -0.4 is 5.32 Å². The van der Waals surface area contributed by atoms with Gasteiger partial charge in [0.15, 0.2) is 0 Å². The molecule has 0 aliphatic rings. The highest BCUT2D eigenvalue weighted by molar-refractivity contribution is 4.86. The molecule has 0 saturated carbocycles. The summed E-state index contributed by atoms with van der Waals surface area (Å²) in [6.45, 7) is 10.2. The van der Waals surface area contributed by atoms with E-state index in [0.29, 0.717) is 6.04 Å². The summed E-state index contributed by atoms with van der Waals surface area (Å²) >= 11 is 0. The molecule has 10 heavy (non-hydrogen) atoms. The SMILES string of the molecule is C=C(C)NC(C)CCCC. The molecule has 1 atom stereocenters. The summed E-state index contributed by atoms with van der Waals surface area (Å²) in [6, 6.07) is 0.595. The van der Waals surface area contributed by atoms with Crippen molar-refractivity contribution in [2.24, 2.45) is 0 Å². The fourth-order valence-electron chi connectivity index (χ4n) is 1.00. The first-order valence-corrected chi connectivity index (χ1v) is 4.08. The van der Waals surface area contributed by atoms with E-state index < -0.39 is 0 Å². The van der Waals surface area contributed by atoms with Crippen molar-refractivity contribution in [3.05, 3.63) is 12.3 Å². The van der Waals surface area contributed by atoms with Crippen molar-refractivity contribution in [2.75, 3.05) is 0 Å². The Morgan fingerprint density at radius 3 is 2.60 bits per heavy atom. The maximum absolute atomic E-state index is 3.79. The van der Waals surface area contributed by atoms with Crippen LogP contribution in [0.4, 0.5) is 0 Å². The molecule has 0 aliphatic carbocycles. The van der Waals surface area contributed by atoms with E-state index >= 15 is 0 Å². The molecule has 0 aromatic heterocycles. The highest BCUT2D eigenvalue weighted by atomic mass is 14.9. The smallest absolute Gasteiger partial charge is 0.0229 e. The van der Waals surface area contributed by atoms with Crippen LogP contribution in [-0.4, -0.2) is 6.04 Å². The highest BCUT2D eigenvalue weighted by Gasteiger charge is 1.97. The third-order valence-corrected chi connectivity index (χ3v) is 1.48. The van der Waals surface area contributed by atoms with Crippen molar-refractivity contribution in [2.45, 2.75) is 46.1 Å². The molecule has 0 spiro atoms. The Hall–Kier alpha value is -0.460. The van der Waals surface area contributed by atoms with Crippen LogP contribution in [-0.2, 0) is 0 Å². The van der Waals surface area contributed by atoms with Crippen molar-refractivity contribution < 1.29 is 0 Å². The number of unbranched alkanes of at least 4 members (excludes halogenated alkanes) is 1. The molecule has 0 aliphatic heterocycles. The van der Waals surface area contributed by atoms with Crippen LogP contribution in [0.25, 0.3) is 0 Å². The topological polar surface area (TPSA) is 12.0 Å². The summed E-state index contributed by atoms with van der Waals surface area (Å²) in [5, 5.41) is 3.28. The minimum Gasteiger partial charge on any atom is -0.387 e. The van der Waals surface area contributed by atoms with Crippen LogP contribution in [0, 0.1) is 0 Å². The molecular formula is C9H19N. The molecule has 1 unspecified atom stereocenters. The normalized spacial score (nSPS) is 12.7. The summed E-state index contributed by atoms with van der Waals surface area (Å²) in [5.41, 5.74) is 1.07. The van der Waals surface area contributed by atoms with E-state index in [4.69, 9.17) is 0 Å². The molecule has 1 nitrogen and oxygen atoms in total. The third kappa shape index (κ3) is 5.67. The second kappa shape index (κ2) is 5.33. The van der Waals surface area contributed by atoms with Gasteiger partial charge in [0, 0.05) is 11.7 Å². The Bertz CT molecular complexity index is 96.9. The Morgan fingerprint density at radius 2 is 2.20 bits per heavy atom. The lowest BCUT2D eigenvalue weighted by molar-refractivity contribution is 0.541. The van der Waals surface area contributed by atoms with Gasteiger partial charge in [-0.3, -0.25) is 0 Å². The zero-order valence-electron chi connectivity index (χ0n) is 7.41. The molecule has 0 saturated heterocycles. The first-order chi connectivity index (χ1) is 4.66. The molecule has 0 amide bonds. The first-order valence-electron chi connectivity index (χ1n) is 4.08. The summed E-state index contributed by atoms with van der Waals surface area (Å²) in [6.07, 6.45) is 3.84. The molecule has 0 bridgehead atoms. The molecule has 0 radical (unpaired) electrons. The molecule has 0 aromatic rings. The van der Waals surface area contributed by atoms with E-state index in [1.807, 2.05) is 6.92 Å². The van der Waals surface area contributed by atoms with Crippen molar-refractivity contribution in [1.29, 1.82) is 0 Å². The standard InChI is InChI=1S/C9H19N/c1-5-6-7-9(4)10-8(2)3/h9-10H,2,5-7H2,1,3-4H3. The zero-order valence-corrected chi connectivity index (χ0v) is 7.41. The van der Waals surface area contributed by atoms with Gasteiger partial charge in [-0.25, -0.2) is 0 Å². The average molecular weight is 141 g/mol. The number of hydrogen-bond donors (Lipinski definition) is 1. The fourth-order valence-corrected chi connectivity index (χ4v) is 1.00. The van der Waals surface area contributed by atoms with E-state index in [-0.39, 0.29) is 0 Å². The van der Waals surface area contributed by atoms with Gasteiger partial charge in [-0.2, -0.15) is 0 Å². The highest BCUT2D eigenvalue weighted by Crippen LogP contribution is 2.00. The van der Waals surface area contributed by atoms with Crippen LogP contribution >= 0.6 is 0 Å². The number of nitrogens with one attached hydrogen (secondary N) is 1. The average Bonchev–Trinajstić information content (AvgIpc) is 1.82. The Morgan fingerprint density at radius 1 is 1.60 bits per heavy atom. The number of rotatable bonds is 5. The Labute approximate surface area is 64.5 Å². The zero-order chi connectivity index (χ0) is 7.98. The summed E-state index contributed by atoms with van der Waals surface area (Å²) in [4.78, 5) is 0. The summed E-state index contributed by atoms with van der Waals surface area (Å²) in [5.74, 6) is 0. The van der Waals surface area contributed by atoms with Gasteiger partial charge >= 0.3 is 0 Å². The lowest BCUT2D eigenvalue weighted by Gasteiger charge is -2.13. The van der Waals surface area contributed by atoms with Gasteiger partial charge in [-0.05, 0) is 20.3 Å². The first kappa shape index (κ1) is 9.54. The van der Waals surface area contributed by atoms with Gasteiger partial charge in [0.05, 0.1) is 0 Å². The quantitative estimate of drug-likeness (QED) is 0.620. The molecule has 0 heterocycles. The van der Waals surface area contributed by atoms with E-state index in [0.717, 1.165) is 5.70 Å². The van der Waals surface area contributed by atoms with Crippen molar-refractivity contribution >= 4 is 0 Å². The molecule has 0 fully saturated rings. The van der Waals surface area contributed by atoms with E-state index in [9.17, 15) is 0 Å². The van der Waals surface area contributed by atoms with E-state index in [1.54, 1.807) is 0 Å². The van der Waals surface area contributed by atoms with Crippen LogP contribution in [0.5, 0.6) is 0 Å². The van der Waals surface area contributed by atoms with Crippen LogP contribution in [0.15, 0.2) is 12.3 Å². The van der Waals surface area contributed by atoms with Crippen molar-refractivity contribution in [1.82, 2.24) is 5.32 Å². The maximum Gasteiger partial charge on any atom is 0.0229 e. The van der Waals surface area contributed by atoms with Gasteiger partial charge in [0.1, 0.15) is 0 Å². The molecule has 0 rings (SSSR count). The maximum atomic E-state index is 3.79. The second-order valence-electron chi connectivity index (χ2n) is 2.97. The predicted octanol–water partition coefficient (Wildman–Crippen LogP) is 2.69. The van der Waals surface area contributed by atoms with Crippen LogP contribution in [0.1, 0.15) is 40.0 Å². The summed E-state index contributed by atoms with van der Waals surface area (Å²) in [7, 11) is 0. The number of hydrogen-bond acceptors (Lipinski definition) is 1.